The van der Waals surface area contributed by atoms with E-state index in [1.165, 1.54) is 0 Å². The summed E-state index contributed by atoms with van der Waals surface area (Å²) >= 11 is 0. The van der Waals surface area contributed by atoms with Crippen molar-refractivity contribution in [2.24, 2.45) is 0 Å². The van der Waals surface area contributed by atoms with Gasteiger partial charge in [-0.2, -0.15) is 0 Å². The van der Waals surface area contributed by atoms with Gasteiger partial charge in [0.2, 0.25) is 0 Å². The maximum Gasteiger partial charge on any atom is 0.187 e. The lowest BCUT2D eigenvalue weighted by atomic mass is 9.88. The van der Waals surface area contributed by atoms with E-state index in [9.17, 15) is 0 Å². The summed E-state index contributed by atoms with van der Waals surface area (Å²) in [5.41, 5.74) is 3.46. The topological polar surface area (TPSA) is 55.4 Å². The van der Waals surface area contributed by atoms with Crippen molar-refractivity contribution in [3.63, 3.8) is 0 Å². The summed E-state index contributed by atoms with van der Waals surface area (Å²) in [5.74, 6) is 0. The van der Waals surface area contributed by atoms with Crippen LogP contribution in [0.5, 0.6) is 0 Å². The van der Waals surface area contributed by atoms with E-state index in [-0.39, 0.29) is 0 Å². The molecule has 4 aromatic carbocycles. The normalized spacial score (nSPS) is 25.3. The van der Waals surface area contributed by atoms with Crippen molar-refractivity contribution in [1.29, 1.82) is 0 Å². The molecule has 0 amide bonds. The first kappa shape index (κ1) is 27.8. The minimum Gasteiger partial charge on any atom is -0.374 e. The second-order valence-corrected chi connectivity index (χ2v) is 10.6. The SMILES string of the molecule is c1ccc(COCC23COC(O2)C(OCc2ccccc2)C(OCc2ccccc2)C3OCc2ccccc2)cc1. The maximum absolute atomic E-state index is 6.70. The molecule has 0 radical (unpaired) electrons. The molecule has 212 valence electrons. The minimum atomic E-state index is -0.845. The van der Waals surface area contributed by atoms with Gasteiger partial charge in [-0.15, -0.1) is 0 Å². The summed E-state index contributed by atoms with van der Waals surface area (Å²) in [5, 5.41) is 0. The Balaban J connectivity index is 1.26. The first-order chi connectivity index (χ1) is 20.3. The zero-order valence-electron chi connectivity index (χ0n) is 23.0. The smallest absolute Gasteiger partial charge is 0.187 e. The summed E-state index contributed by atoms with van der Waals surface area (Å²) in [6.07, 6.45) is -2.05. The molecule has 5 atom stereocenters. The Bertz CT molecular complexity index is 1320. The first-order valence-corrected chi connectivity index (χ1v) is 14.2. The van der Waals surface area contributed by atoms with E-state index in [2.05, 4.69) is 36.4 Å². The fourth-order valence-corrected chi connectivity index (χ4v) is 5.43. The lowest BCUT2D eigenvalue weighted by molar-refractivity contribution is -0.301. The van der Waals surface area contributed by atoms with E-state index in [1.807, 2.05) is 84.9 Å². The second kappa shape index (κ2) is 13.5. The lowest BCUT2D eigenvalue weighted by Crippen LogP contribution is -2.64. The van der Waals surface area contributed by atoms with Gasteiger partial charge in [-0.05, 0) is 22.3 Å². The van der Waals surface area contributed by atoms with Crippen LogP contribution in [0.2, 0.25) is 0 Å². The minimum absolute atomic E-state index is 0.300. The predicted molar refractivity (Wildman–Crippen MR) is 155 cm³/mol. The van der Waals surface area contributed by atoms with Gasteiger partial charge in [-0.1, -0.05) is 121 Å². The lowest BCUT2D eigenvalue weighted by Gasteiger charge is -2.46. The van der Waals surface area contributed by atoms with Crippen molar-refractivity contribution < 1.29 is 28.4 Å². The third-order valence-corrected chi connectivity index (χ3v) is 7.55. The number of fused-ring (bicyclic) bond motifs is 2. The largest absolute Gasteiger partial charge is 0.374 e. The van der Waals surface area contributed by atoms with Crippen molar-refractivity contribution >= 4 is 0 Å². The summed E-state index contributed by atoms with van der Waals surface area (Å²) in [6.45, 7) is 2.30. The fraction of sp³-hybridized carbons (Fsp3) is 0.314. The highest BCUT2D eigenvalue weighted by Crippen LogP contribution is 2.42. The van der Waals surface area contributed by atoms with Crippen LogP contribution in [0.1, 0.15) is 22.3 Å². The van der Waals surface area contributed by atoms with Crippen LogP contribution in [0.25, 0.3) is 0 Å². The van der Waals surface area contributed by atoms with E-state index >= 15 is 0 Å². The van der Waals surface area contributed by atoms with Crippen LogP contribution >= 0.6 is 0 Å². The highest BCUT2D eigenvalue weighted by atomic mass is 16.8. The molecule has 4 aromatic rings. The summed E-state index contributed by atoms with van der Waals surface area (Å²) < 4.78 is 39.0. The van der Waals surface area contributed by atoms with Gasteiger partial charge in [-0.3, -0.25) is 0 Å². The Morgan fingerprint density at radius 2 is 0.976 bits per heavy atom. The van der Waals surface area contributed by atoms with Gasteiger partial charge >= 0.3 is 0 Å². The van der Waals surface area contributed by atoms with Gasteiger partial charge in [0.1, 0.15) is 23.9 Å². The van der Waals surface area contributed by atoms with Crippen LogP contribution in [0.15, 0.2) is 121 Å². The van der Waals surface area contributed by atoms with Gasteiger partial charge in [-0.25, -0.2) is 0 Å². The number of hydrogen-bond donors (Lipinski definition) is 0. The molecule has 0 aromatic heterocycles. The molecule has 6 heteroatoms. The Hall–Kier alpha value is -3.36. The molecule has 6 rings (SSSR count). The van der Waals surface area contributed by atoms with Crippen LogP contribution < -0.4 is 0 Å². The third-order valence-electron chi connectivity index (χ3n) is 7.55. The molecule has 2 aliphatic heterocycles. The zero-order valence-corrected chi connectivity index (χ0v) is 23.0. The van der Waals surface area contributed by atoms with Crippen molar-refractivity contribution in [2.75, 3.05) is 13.2 Å². The molecule has 0 N–H and O–H groups in total. The Morgan fingerprint density at radius 1 is 0.537 bits per heavy atom. The molecule has 0 aliphatic carbocycles. The molecular formula is C35H36O6. The maximum atomic E-state index is 6.70. The molecule has 0 spiro atoms. The van der Waals surface area contributed by atoms with Gasteiger partial charge in [0.25, 0.3) is 0 Å². The highest BCUT2D eigenvalue weighted by Gasteiger charge is 2.62. The summed E-state index contributed by atoms with van der Waals surface area (Å²) in [6, 6.07) is 40.5. The molecule has 2 bridgehead atoms. The van der Waals surface area contributed by atoms with Crippen molar-refractivity contribution in [2.45, 2.75) is 56.6 Å². The highest BCUT2D eigenvalue weighted by molar-refractivity contribution is 5.17. The third kappa shape index (κ3) is 6.93. The van der Waals surface area contributed by atoms with Crippen molar-refractivity contribution in [1.82, 2.24) is 0 Å². The standard InChI is InChI=1S/C35H36O6/c1-5-13-27(14-6-1)21-36-25-35-26-40-34(41-35)32(38-23-29-17-9-3-10-18-29)31(37-22-28-15-7-2-8-16-28)33(35)39-24-30-19-11-4-12-20-30/h1-20,31-34H,21-26H2. The van der Waals surface area contributed by atoms with E-state index < -0.39 is 30.2 Å². The monoisotopic (exact) mass is 552 g/mol. The van der Waals surface area contributed by atoms with Crippen molar-refractivity contribution in [3.05, 3.63) is 144 Å². The fourth-order valence-electron chi connectivity index (χ4n) is 5.43. The average Bonchev–Trinajstić information content (AvgIpc) is 3.41. The Morgan fingerprint density at radius 3 is 1.49 bits per heavy atom. The average molecular weight is 553 g/mol. The van der Waals surface area contributed by atoms with E-state index in [1.54, 1.807) is 0 Å². The molecule has 2 fully saturated rings. The molecule has 2 aliphatic rings. The van der Waals surface area contributed by atoms with Gasteiger partial charge in [0.15, 0.2) is 6.29 Å². The van der Waals surface area contributed by atoms with Gasteiger partial charge in [0, 0.05) is 0 Å². The molecule has 5 unspecified atom stereocenters. The van der Waals surface area contributed by atoms with Gasteiger partial charge in [0.05, 0.1) is 39.6 Å². The zero-order chi connectivity index (χ0) is 27.7. The number of hydrogen-bond acceptors (Lipinski definition) is 6. The van der Waals surface area contributed by atoms with E-state index in [0.29, 0.717) is 39.6 Å². The Labute approximate surface area is 241 Å². The molecular weight excluding hydrogens is 516 g/mol. The Kier molecular flexibility index (Phi) is 9.17. The van der Waals surface area contributed by atoms with Crippen LogP contribution in [0.3, 0.4) is 0 Å². The second-order valence-electron chi connectivity index (χ2n) is 10.6. The molecule has 0 saturated carbocycles. The van der Waals surface area contributed by atoms with E-state index in [0.717, 1.165) is 22.3 Å². The van der Waals surface area contributed by atoms with Crippen LogP contribution in [-0.4, -0.2) is 43.4 Å². The summed E-state index contributed by atoms with van der Waals surface area (Å²) in [7, 11) is 0. The van der Waals surface area contributed by atoms with Gasteiger partial charge < -0.3 is 28.4 Å². The summed E-state index contributed by atoms with van der Waals surface area (Å²) in [4.78, 5) is 0. The number of ether oxygens (including phenoxy) is 6. The first-order valence-electron chi connectivity index (χ1n) is 14.2. The van der Waals surface area contributed by atoms with Crippen LogP contribution in [0, 0.1) is 0 Å². The number of rotatable bonds is 13. The molecule has 2 saturated heterocycles. The van der Waals surface area contributed by atoms with E-state index in [4.69, 9.17) is 28.4 Å². The van der Waals surface area contributed by atoms with Crippen LogP contribution in [0.4, 0.5) is 0 Å². The molecule has 41 heavy (non-hydrogen) atoms. The quantitative estimate of drug-likeness (QED) is 0.200. The molecule has 2 heterocycles. The number of benzene rings is 4. The predicted octanol–water partition coefficient (Wildman–Crippen LogP) is 6.08. The van der Waals surface area contributed by atoms with Crippen molar-refractivity contribution in [3.8, 4) is 0 Å². The van der Waals surface area contributed by atoms with Crippen LogP contribution in [-0.2, 0) is 54.8 Å². The molecule has 6 nitrogen and oxygen atoms in total.